The van der Waals surface area contributed by atoms with E-state index in [-0.39, 0.29) is 9.92 Å². The second-order valence-corrected chi connectivity index (χ2v) is 11.4. The molecule has 0 saturated carbocycles. The van der Waals surface area contributed by atoms with E-state index in [1.807, 2.05) is 5.38 Å². The van der Waals surface area contributed by atoms with Crippen LogP contribution < -0.4 is 4.90 Å². The number of thiazole rings is 1. The van der Waals surface area contributed by atoms with Crippen molar-refractivity contribution in [3.8, 4) is 0 Å². The van der Waals surface area contributed by atoms with Crippen molar-refractivity contribution in [2.45, 2.75) is 36.3 Å². The SMILES string of the molecule is Cc1ccc(Cc2csc(N3CCC(S(=O)(=O)c4ccc(Cl)c([N+](=O)[O-])c4)CC3)n2)cc1. The molecule has 1 aliphatic heterocycles. The molecule has 2 heterocycles. The minimum Gasteiger partial charge on any atom is -0.348 e. The second kappa shape index (κ2) is 9.17. The van der Waals surface area contributed by atoms with Crippen LogP contribution in [0.5, 0.6) is 0 Å². The van der Waals surface area contributed by atoms with Crippen molar-refractivity contribution in [1.82, 2.24) is 4.98 Å². The summed E-state index contributed by atoms with van der Waals surface area (Å²) in [6.07, 6.45) is 1.63. The Morgan fingerprint density at radius 1 is 1.19 bits per heavy atom. The van der Waals surface area contributed by atoms with Crippen molar-refractivity contribution in [1.29, 1.82) is 0 Å². The Bertz CT molecular complexity index is 1230. The molecule has 1 aliphatic rings. The summed E-state index contributed by atoms with van der Waals surface area (Å²) < 4.78 is 26.1. The van der Waals surface area contributed by atoms with Crippen LogP contribution in [0.25, 0.3) is 0 Å². The normalized spacial score (nSPS) is 15.1. The van der Waals surface area contributed by atoms with Crippen molar-refractivity contribution in [2.75, 3.05) is 18.0 Å². The first-order chi connectivity index (χ1) is 15.2. The van der Waals surface area contributed by atoms with Crippen LogP contribution in [-0.4, -0.2) is 36.7 Å². The number of anilines is 1. The molecule has 0 aliphatic carbocycles. The van der Waals surface area contributed by atoms with Gasteiger partial charge in [0, 0.05) is 31.0 Å². The smallest absolute Gasteiger partial charge is 0.289 e. The van der Waals surface area contributed by atoms with Gasteiger partial charge in [0.15, 0.2) is 15.0 Å². The Kier molecular flexibility index (Phi) is 6.50. The molecule has 4 rings (SSSR count). The largest absolute Gasteiger partial charge is 0.348 e. The molecule has 1 saturated heterocycles. The number of aromatic nitrogens is 1. The fourth-order valence-electron chi connectivity index (χ4n) is 3.80. The number of hydrogen-bond donors (Lipinski definition) is 0. The van der Waals surface area contributed by atoms with E-state index in [1.54, 1.807) is 11.3 Å². The van der Waals surface area contributed by atoms with Gasteiger partial charge >= 0.3 is 0 Å². The van der Waals surface area contributed by atoms with Gasteiger partial charge in [-0.25, -0.2) is 13.4 Å². The number of nitrogens with zero attached hydrogens (tertiary/aromatic N) is 3. The van der Waals surface area contributed by atoms with Crippen LogP contribution in [0.1, 0.15) is 29.7 Å². The molecule has 0 radical (unpaired) electrons. The standard InChI is InChI=1S/C22H22ClN3O4S2/c1-15-2-4-16(5-3-15)12-17-14-31-22(24-17)25-10-8-18(9-11-25)32(29,30)19-6-7-20(23)21(13-19)26(27)28/h2-7,13-14,18H,8-12H2,1H3. The fraction of sp³-hybridized carbons (Fsp3) is 0.318. The highest BCUT2D eigenvalue weighted by atomic mass is 35.5. The van der Waals surface area contributed by atoms with Gasteiger partial charge in [0.25, 0.3) is 5.69 Å². The minimum absolute atomic E-state index is 0.0540. The molecule has 0 amide bonds. The average molecular weight is 492 g/mol. The van der Waals surface area contributed by atoms with Crippen LogP contribution in [0, 0.1) is 17.0 Å². The van der Waals surface area contributed by atoms with Gasteiger partial charge < -0.3 is 4.90 Å². The molecule has 7 nitrogen and oxygen atoms in total. The molecule has 1 fully saturated rings. The lowest BCUT2D eigenvalue weighted by molar-refractivity contribution is -0.384. The van der Waals surface area contributed by atoms with E-state index in [9.17, 15) is 18.5 Å². The van der Waals surface area contributed by atoms with Crippen LogP contribution >= 0.6 is 22.9 Å². The van der Waals surface area contributed by atoms with Crippen LogP contribution in [0.2, 0.25) is 5.02 Å². The predicted octanol–water partition coefficient (Wildman–Crippen LogP) is 5.05. The number of halogens is 1. The topological polar surface area (TPSA) is 93.4 Å². The number of sulfone groups is 1. The average Bonchev–Trinajstić information content (AvgIpc) is 3.24. The van der Waals surface area contributed by atoms with Crippen molar-refractivity contribution in [3.63, 3.8) is 0 Å². The lowest BCUT2D eigenvalue weighted by Crippen LogP contribution is -2.39. The molecule has 168 valence electrons. The predicted molar refractivity (Wildman–Crippen MR) is 127 cm³/mol. The fourth-order valence-corrected chi connectivity index (χ4v) is 6.61. The van der Waals surface area contributed by atoms with Crippen LogP contribution in [0.3, 0.4) is 0 Å². The molecule has 10 heteroatoms. The van der Waals surface area contributed by atoms with Gasteiger partial charge in [-0.15, -0.1) is 11.3 Å². The third kappa shape index (κ3) is 4.79. The quantitative estimate of drug-likeness (QED) is 0.354. The van der Waals surface area contributed by atoms with Crippen molar-refractivity contribution in [3.05, 3.63) is 79.8 Å². The van der Waals surface area contributed by atoms with Gasteiger partial charge in [0.1, 0.15) is 5.02 Å². The molecule has 1 aromatic heterocycles. The van der Waals surface area contributed by atoms with E-state index in [4.69, 9.17) is 16.6 Å². The highest BCUT2D eigenvalue weighted by molar-refractivity contribution is 7.92. The number of piperidine rings is 1. The van der Waals surface area contributed by atoms with Crippen LogP contribution in [-0.2, 0) is 16.3 Å². The van der Waals surface area contributed by atoms with Gasteiger partial charge in [-0.1, -0.05) is 41.4 Å². The van der Waals surface area contributed by atoms with Gasteiger partial charge in [-0.3, -0.25) is 10.1 Å². The Hall–Kier alpha value is -2.49. The number of benzene rings is 2. The lowest BCUT2D eigenvalue weighted by Gasteiger charge is -2.31. The maximum Gasteiger partial charge on any atom is 0.289 e. The zero-order chi connectivity index (χ0) is 22.9. The van der Waals surface area contributed by atoms with E-state index >= 15 is 0 Å². The maximum absolute atomic E-state index is 13.1. The summed E-state index contributed by atoms with van der Waals surface area (Å²) in [6.45, 7) is 3.19. The number of nitro groups is 1. The number of aryl methyl sites for hydroxylation is 1. The second-order valence-electron chi connectivity index (χ2n) is 7.89. The molecule has 3 aromatic rings. The van der Waals surface area contributed by atoms with Gasteiger partial charge in [0.05, 0.1) is 20.8 Å². The number of rotatable bonds is 6. The summed E-state index contributed by atoms with van der Waals surface area (Å²) >= 11 is 7.39. The first-order valence-electron chi connectivity index (χ1n) is 10.2. The molecule has 0 spiro atoms. The van der Waals surface area contributed by atoms with Crippen LogP contribution in [0.4, 0.5) is 10.8 Å². The van der Waals surface area contributed by atoms with E-state index < -0.39 is 25.7 Å². The van der Waals surface area contributed by atoms with E-state index in [0.29, 0.717) is 25.9 Å². The monoisotopic (exact) mass is 491 g/mol. The molecular formula is C22H22ClN3O4S2. The highest BCUT2D eigenvalue weighted by Gasteiger charge is 2.33. The summed E-state index contributed by atoms with van der Waals surface area (Å²) in [5, 5.41) is 13.4. The zero-order valence-corrected chi connectivity index (χ0v) is 19.8. The van der Waals surface area contributed by atoms with E-state index in [2.05, 4.69) is 36.1 Å². The Morgan fingerprint density at radius 2 is 1.88 bits per heavy atom. The van der Waals surface area contributed by atoms with Gasteiger partial charge in [-0.05, 0) is 37.5 Å². The molecular weight excluding hydrogens is 470 g/mol. The van der Waals surface area contributed by atoms with E-state index in [0.717, 1.165) is 23.3 Å². The van der Waals surface area contributed by atoms with Crippen LogP contribution in [0.15, 0.2) is 52.7 Å². The number of nitro benzene ring substituents is 1. The van der Waals surface area contributed by atoms with Crippen molar-refractivity contribution in [2.24, 2.45) is 0 Å². The molecule has 0 bridgehead atoms. The third-order valence-corrected chi connectivity index (χ3v) is 9.17. The van der Waals surface area contributed by atoms with Crippen molar-refractivity contribution >= 4 is 43.6 Å². The Morgan fingerprint density at radius 3 is 2.53 bits per heavy atom. The highest BCUT2D eigenvalue weighted by Crippen LogP contribution is 2.33. The molecule has 0 atom stereocenters. The summed E-state index contributed by atoms with van der Waals surface area (Å²) in [4.78, 5) is 17.3. The minimum atomic E-state index is -3.69. The molecule has 2 aromatic carbocycles. The summed E-state index contributed by atoms with van der Waals surface area (Å²) in [7, 11) is -3.69. The maximum atomic E-state index is 13.1. The molecule has 0 unspecified atom stereocenters. The summed E-state index contributed by atoms with van der Waals surface area (Å²) in [5.41, 5.74) is 3.03. The summed E-state index contributed by atoms with van der Waals surface area (Å²) in [5.74, 6) is 0. The van der Waals surface area contributed by atoms with Gasteiger partial charge in [-0.2, -0.15) is 0 Å². The number of hydrogen-bond acceptors (Lipinski definition) is 7. The van der Waals surface area contributed by atoms with Crippen molar-refractivity contribution < 1.29 is 13.3 Å². The molecule has 0 N–H and O–H groups in total. The molecule has 32 heavy (non-hydrogen) atoms. The third-order valence-electron chi connectivity index (χ3n) is 5.64. The summed E-state index contributed by atoms with van der Waals surface area (Å²) in [6, 6.07) is 12.0. The Balaban J connectivity index is 1.42. The Labute approximate surface area is 195 Å². The first kappa shape index (κ1) is 22.7. The zero-order valence-electron chi connectivity index (χ0n) is 17.4. The lowest BCUT2D eigenvalue weighted by atomic mass is 10.1. The van der Waals surface area contributed by atoms with Gasteiger partial charge in [0.2, 0.25) is 0 Å². The van der Waals surface area contributed by atoms with E-state index in [1.165, 1.54) is 23.3 Å². The first-order valence-corrected chi connectivity index (χ1v) is 13.0.